The minimum Gasteiger partial charge on any atom is -0.487 e. The van der Waals surface area contributed by atoms with Crippen molar-refractivity contribution in [2.24, 2.45) is 0 Å². The zero-order chi connectivity index (χ0) is 16.9. The Morgan fingerprint density at radius 3 is 2.67 bits per heavy atom. The van der Waals surface area contributed by atoms with Gasteiger partial charge in [-0.3, -0.25) is 0 Å². The lowest BCUT2D eigenvalue weighted by molar-refractivity contribution is 0.173. The summed E-state index contributed by atoms with van der Waals surface area (Å²) in [5.74, 6) is 0.679. The fourth-order valence-corrected chi connectivity index (χ4v) is 5.60. The maximum atomic E-state index is 13.1. The first-order valence-corrected chi connectivity index (χ1v) is 9.93. The van der Waals surface area contributed by atoms with E-state index in [0.717, 1.165) is 25.1 Å². The van der Waals surface area contributed by atoms with Crippen LogP contribution in [0.15, 0.2) is 46.2 Å². The Bertz CT molecular complexity index is 914. The highest BCUT2D eigenvalue weighted by Gasteiger charge is 2.39. The smallest absolute Gasteiger partial charge is 0.211 e. The number of para-hydroxylation sites is 1. The number of hydrogen-bond donors (Lipinski definition) is 1. The van der Waals surface area contributed by atoms with Crippen molar-refractivity contribution < 1.29 is 13.2 Å². The molecule has 1 fully saturated rings. The molecular weight excluding hydrogens is 369 g/mol. The molecule has 2 atom stereocenters. The minimum absolute atomic E-state index is 0.00154. The third-order valence-electron chi connectivity index (χ3n) is 4.60. The summed E-state index contributed by atoms with van der Waals surface area (Å²) < 4.78 is 32.3. The molecule has 0 spiro atoms. The highest BCUT2D eigenvalue weighted by Crippen LogP contribution is 2.46. The molecule has 0 bridgehead atoms. The van der Waals surface area contributed by atoms with Crippen LogP contribution in [0, 0.1) is 0 Å². The Kier molecular flexibility index (Phi) is 4.00. The zero-order valence-electron chi connectivity index (χ0n) is 12.6. The average Bonchev–Trinajstić information content (AvgIpc) is 2.95. The van der Waals surface area contributed by atoms with Gasteiger partial charge in [0.1, 0.15) is 16.7 Å². The number of rotatable bonds is 2. The van der Waals surface area contributed by atoms with Gasteiger partial charge in [-0.2, -0.15) is 0 Å². The van der Waals surface area contributed by atoms with Crippen LogP contribution in [0.4, 0.5) is 0 Å². The van der Waals surface area contributed by atoms with Gasteiger partial charge in [-0.05, 0) is 31.2 Å². The molecule has 2 aliphatic rings. The van der Waals surface area contributed by atoms with E-state index in [4.69, 9.17) is 27.9 Å². The van der Waals surface area contributed by atoms with E-state index in [1.165, 1.54) is 6.07 Å². The average molecular weight is 384 g/mol. The largest absolute Gasteiger partial charge is 0.487 e. The van der Waals surface area contributed by atoms with E-state index in [1.54, 1.807) is 24.3 Å². The molecule has 0 saturated carbocycles. The number of ether oxygens (including phenoxy) is 1. The summed E-state index contributed by atoms with van der Waals surface area (Å²) in [6, 6.07) is 9.88. The Labute approximate surface area is 150 Å². The number of halogens is 2. The Morgan fingerprint density at radius 2 is 1.83 bits per heavy atom. The molecule has 7 heteroatoms. The van der Waals surface area contributed by atoms with E-state index in [-0.39, 0.29) is 31.9 Å². The molecule has 24 heavy (non-hydrogen) atoms. The number of piperidine rings is 1. The SMILES string of the molecule is O=S(=O)(c1cccc(Cl)c1Cl)c1cccc2c1OC1CNCCC21. The van der Waals surface area contributed by atoms with Crippen molar-refractivity contribution in [2.75, 3.05) is 13.1 Å². The number of sulfone groups is 1. The predicted octanol–water partition coefficient (Wildman–Crippen LogP) is 3.66. The van der Waals surface area contributed by atoms with Crippen molar-refractivity contribution in [2.45, 2.75) is 28.2 Å². The predicted molar refractivity (Wildman–Crippen MR) is 93.0 cm³/mol. The molecule has 2 aliphatic heterocycles. The summed E-state index contributed by atoms with van der Waals surface area (Å²) in [4.78, 5) is 0.153. The first-order chi connectivity index (χ1) is 11.5. The lowest BCUT2D eigenvalue weighted by atomic mass is 9.90. The molecule has 0 aromatic heterocycles. The van der Waals surface area contributed by atoms with E-state index < -0.39 is 9.84 Å². The van der Waals surface area contributed by atoms with Gasteiger partial charge in [0.2, 0.25) is 9.84 Å². The molecule has 0 amide bonds. The summed E-state index contributed by atoms with van der Waals surface area (Å²) >= 11 is 12.1. The molecule has 0 aliphatic carbocycles. The summed E-state index contributed by atoms with van der Waals surface area (Å²) in [5.41, 5.74) is 0.959. The minimum atomic E-state index is -3.82. The molecule has 0 radical (unpaired) electrons. The van der Waals surface area contributed by atoms with Gasteiger partial charge in [0.15, 0.2) is 0 Å². The third kappa shape index (κ3) is 2.42. The highest BCUT2D eigenvalue weighted by atomic mass is 35.5. The van der Waals surface area contributed by atoms with E-state index in [0.29, 0.717) is 5.75 Å². The lowest BCUT2D eigenvalue weighted by Crippen LogP contribution is -2.39. The number of nitrogens with one attached hydrogen (secondary N) is 1. The van der Waals surface area contributed by atoms with Crippen molar-refractivity contribution >= 4 is 33.0 Å². The van der Waals surface area contributed by atoms with E-state index in [2.05, 4.69) is 5.32 Å². The van der Waals surface area contributed by atoms with Crippen LogP contribution in [0.2, 0.25) is 10.0 Å². The lowest BCUT2D eigenvalue weighted by Gasteiger charge is -2.24. The summed E-state index contributed by atoms with van der Waals surface area (Å²) in [6.07, 6.45) is 0.902. The molecule has 4 nitrogen and oxygen atoms in total. The maximum Gasteiger partial charge on any atom is 0.211 e. The number of fused-ring (bicyclic) bond motifs is 3. The fourth-order valence-electron chi connectivity index (χ4n) is 3.43. The molecular formula is C17H15Cl2NO3S. The summed E-state index contributed by atoms with van der Waals surface area (Å²) in [6.45, 7) is 1.62. The van der Waals surface area contributed by atoms with Gasteiger partial charge >= 0.3 is 0 Å². The molecule has 2 aromatic carbocycles. The van der Waals surface area contributed by atoms with Crippen molar-refractivity contribution in [3.63, 3.8) is 0 Å². The summed E-state index contributed by atoms with van der Waals surface area (Å²) in [7, 11) is -3.82. The van der Waals surface area contributed by atoms with E-state index in [9.17, 15) is 8.42 Å². The Balaban J connectivity index is 1.87. The molecule has 2 unspecified atom stereocenters. The van der Waals surface area contributed by atoms with Gasteiger partial charge in [0.05, 0.1) is 14.9 Å². The summed E-state index contributed by atoms with van der Waals surface area (Å²) in [5, 5.41) is 3.53. The van der Waals surface area contributed by atoms with E-state index >= 15 is 0 Å². The fraction of sp³-hybridized carbons (Fsp3) is 0.294. The number of benzene rings is 2. The van der Waals surface area contributed by atoms with Crippen LogP contribution < -0.4 is 10.1 Å². The van der Waals surface area contributed by atoms with E-state index in [1.807, 2.05) is 6.07 Å². The highest BCUT2D eigenvalue weighted by molar-refractivity contribution is 7.91. The first kappa shape index (κ1) is 16.2. The van der Waals surface area contributed by atoms with Crippen LogP contribution in [-0.2, 0) is 9.84 Å². The zero-order valence-corrected chi connectivity index (χ0v) is 15.0. The van der Waals surface area contributed by atoms with Crippen LogP contribution in [0.25, 0.3) is 0 Å². The van der Waals surface area contributed by atoms with Crippen molar-refractivity contribution in [1.29, 1.82) is 0 Å². The molecule has 2 aromatic rings. The maximum absolute atomic E-state index is 13.1. The molecule has 1 N–H and O–H groups in total. The Morgan fingerprint density at radius 1 is 1.08 bits per heavy atom. The van der Waals surface area contributed by atoms with Crippen molar-refractivity contribution in [3.8, 4) is 5.75 Å². The van der Waals surface area contributed by atoms with Crippen LogP contribution in [0.1, 0.15) is 17.9 Å². The van der Waals surface area contributed by atoms with Gasteiger partial charge in [-0.25, -0.2) is 8.42 Å². The number of hydrogen-bond acceptors (Lipinski definition) is 4. The van der Waals surface area contributed by atoms with Crippen LogP contribution in [0.5, 0.6) is 5.75 Å². The van der Waals surface area contributed by atoms with Gasteiger partial charge in [0, 0.05) is 18.0 Å². The van der Waals surface area contributed by atoms with Crippen molar-refractivity contribution in [1.82, 2.24) is 5.32 Å². The second kappa shape index (κ2) is 5.92. The molecule has 1 saturated heterocycles. The van der Waals surface area contributed by atoms with Gasteiger partial charge in [-0.1, -0.05) is 41.4 Å². The van der Waals surface area contributed by atoms with Gasteiger partial charge in [0.25, 0.3) is 0 Å². The second-order valence-corrected chi connectivity index (χ2v) is 8.66. The monoisotopic (exact) mass is 383 g/mol. The van der Waals surface area contributed by atoms with Gasteiger partial charge < -0.3 is 10.1 Å². The topological polar surface area (TPSA) is 55.4 Å². The molecule has 2 heterocycles. The third-order valence-corrected chi connectivity index (χ3v) is 7.35. The van der Waals surface area contributed by atoms with Crippen LogP contribution in [-0.4, -0.2) is 27.6 Å². The quantitative estimate of drug-likeness (QED) is 0.859. The van der Waals surface area contributed by atoms with Gasteiger partial charge in [-0.15, -0.1) is 0 Å². The Hall–Kier alpha value is -1.27. The normalized spacial score (nSPS) is 22.6. The first-order valence-electron chi connectivity index (χ1n) is 7.69. The van der Waals surface area contributed by atoms with Crippen molar-refractivity contribution in [3.05, 3.63) is 52.0 Å². The molecule has 126 valence electrons. The standard InChI is InChI=1S/C17H15Cl2NO3S/c18-12-4-2-5-14(16(12)19)24(21,22)15-6-1-3-11-10-7-8-20-9-13(10)23-17(11)15/h1-6,10,13,20H,7-9H2. The van der Waals surface area contributed by atoms with Crippen LogP contribution in [0.3, 0.4) is 0 Å². The molecule has 4 rings (SSSR count). The van der Waals surface area contributed by atoms with Crippen LogP contribution >= 0.6 is 23.2 Å². The second-order valence-electron chi connectivity index (χ2n) is 5.99.